The first-order valence-electron chi connectivity index (χ1n) is 13.3. The smallest absolute Gasteiger partial charge is 0.337 e. The molecule has 4 aromatic rings. The standard InChI is InChI=1S/C32H32N2O4S/c1-20-10-11-21(2)26(18-20)34-30(35)29-25-8-6-4-5-7-9-28(25)39-31(29)33-19-24-16-17-27(38-24)22-12-14-23(15-13-22)32(36)37-3/h10-19H,4-9H2,1-3H3,(H,34,35). The van der Waals surface area contributed by atoms with Crippen molar-refractivity contribution in [2.24, 2.45) is 4.99 Å². The number of rotatable bonds is 6. The van der Waals surface area contributed by atoms with Gasteiger partial charge < -0.3 is 14.5 Å². The van der Waals surface area contributed by atoms with Crippen LogP contribution >= 0.6 is 11.3 Å². The van der Waals surface area contributed by atoms with Crippen LogP contribution < -0.4 is 5.32 Å². The maximum absolute atomic E-state index is 13.7. The van der Waals surface area contributed by atoms with Gasteiger partial charge in [0.15, 0.2) is 0 Å². The lowest BCUT2D eigenvalue weighted by Crippen LogP contribution is -2.15. The molecule has 1 aliphatic rings. The van der Waals surface area contributed by atoms with Crippen LogP contribution in [0.3, 0.4) is 0 Å². The largest absolute Gasteiger partial charge is 0.465 e. The van der Waals surface area contributed by atoms with Gasteiger partial charge in [-0.3, -0.25) is 4.79 Å². The summed E-state index contributed by atoms with van der Waals surface area (Å²) in [5.41, 5.74) is 6.10. The van der Waals surface area contributed by atoms with E-state index in [1.54, 1.807) is 29.7 Å². The van der Waals surface area contributed by atoms with E-state index in [1.807, 2.05) is 56.3 Å². The molecule has 5 rings (SSSR count). The Kier molecular flexibility index (Phi) is 8.07. The number of benzene rings is 2. The van der Waals surface area contributed by atoms with Crippen molar-refractivity contribution in [3.8, 4) is 11.3 Å². The molecule has 1 aliphatic carbocycles. The zero-order valence-corrected chi connectivity index (χ0v) is 23.3. The van der Waals surface area contributed by atoms with Crippen LogP contribution in [0.15, 0.2) is 64.0 Å². The van der Waals surface area contributed by atoms with E-state index in [4.69, 9.17) is 14.1 Å². The van der Waals surface area contributed by atoms with Gasteiger partial charge in [-0.05, 0) is 86.6 Å². The van der Waals surface area contributed by atoms with Gasteiger partial charge in [0.1, 0.15) is 16.5 Å². The molecule has 0 fully saturated rings. The van der Waals surface area contributed by atoms with E-state index < -0.39 is 0 Å². The van der Waals surface area contributed by atoms with Crippen LogP contribution in [0.5, 0.6) is 0 Å². The number of anilines is 1. The SMILES string of the molecule is COC(=O)c1ccc(-c2ccc(C=Nc3sc4c(c3C(=O)Nc3cc(C)ccc3C)CCCCCC4)o2)cc1. The third-order valence-corrected chi connectivity index (χ3v) is 8.25. The molecule has 2 heterocycles. The number of hydrogen-bond donors (Lipinski definition) is 1. The summed E-state index contributed by atoms with van der Waals surface area (Å²) in [7, 11) is 1.36. The molecule has 1 N–H and O–H groups in total. The van der Waals surface area contributed by atoms with Crippen LogP contribution in [0.2, 0.25) is 0 Å². The quantitative estimate of drug-likeness (QED) is 0.198. The molecule has 0 aliphatic heterocycles. The van der Waals surface area contributed by atoms with E-state index in [1.165, 1.54) is 24.8 Å². The highest BCUT2D eigenvalue weighted by Crippen LogP contribution is 2.39. The second-order valence-corrected chi connectivity index (χ2v) is 11.0. The lowest BCUT2D eigenvalue weighted by molar-refractivity contribution is 0.0600. The lowest BCUT2D eigenvalue weighted by Gasteiger charge is -2.13. The van der Waals surface area contributed by atoms with Crippen LogP contribution in [-0.4, -0.2) is 25.2 Å². The Bertz CT molecular complexity index is 1530. The average Bonchev–Trinajstić information content (AvgIpc) is 3.53. The molecule has 0 saturated heterocycles. The van der Waals surface area contributed by atoms with Crippen LogP contribution in [0.25, 0.3) is 11.3 Å². The minimum Gasteiger partial charge on any atom is -0.465 e. The molecule has 2 aromatic heterocycles. The molecule has 1 amide bonds. The fourth-order valence-corrected chi connectivity index (χ4v) is 6.10. The number of methoxy groups -OCH3 is 1. The number of esters is 1. The Hall–Kier alpha value is -3.97. The summed E-state index contributed by atoms with van der Waals surface area (Å²) in [6, 6.07) is 16.9. The second-order valence-electron chi connectivity index (χ2n) is 9.90. The molecular weight excluding hydrogens is 508 g/mol. The Balaban J connectivity index is 1.43. The molecule has 0 atom stereocenters. The predicted molar refractivity (Wildman–Crippen MR) is 157 cm³/mol. The highest BCUT2D eigenvalue weighted by atomic mass is 32.1. The van der Waals surface area contributed by atoms with E-state index >= 15 is 0 Å². The number of carbonyl (C=O) groups is 2. The number of ether oxygens (including phenoxy) is 1. The summed E-state index contributed by atoms with van der Waals surface area (Å²) in [4.78, 5) is 31.4. The zero-order chi connectivity index (χ0) is 27.4. The first-order valence-corrected chi connectivity index (χ1v) is 14.1. The van der Waals surface area contributed by atoms with Gasteiger partial charge >= 0.3 is 5.97 Å². The summed E-state index contributed by atoms with van der Waals surface area (Å²) in [5.74, 6) is 0.763. The molecule has 0 unspecified atom stereocenters. The number of hydrogen-bond acceptors (Lipinski definition) is 6. The molecule has 0 bridgehead atoms. The third-order valence-electron chi connectivity index (χ3n) is 7.05. The molecule has 200 valence electrons. The van der Waals surface area contributed by atoms with E-state index in [0.717, 1.165) is 53.6 Å². The number of aliphatic imine (C=N–C) groups is 1. The number of nitrogens with one attached hydrogen (secondary N) is 1. The monoisotopic (exact) mass is 540 g/mol. The van der Waals surface area contributed by atoms with Gasteiger partial charge in [0.25, 0.3) is 5.91 Å². The number of nitrogens with zero attached hydrogens (tertiary/aromatic N) is 1. The lowest BCUT2D eigenvalue weighted by atomic mass is 9.96. The zero-order valence-electron chi connectivity index (χ0n) is 22.5. The predicted octanol–water partition coefficient (Wildman–Crippen LogP) is 8.07. The van der Waals surface area contributed by atoms with Crippen LogP contribution in [-0.2, 0) is 17.6 Å². The summed E-state index contributed by atoms with van der Waals surface area (Å²) < 4.78 is 10.8. The maximum atomic E-state index is 13.7. The number of fused-ring (bicyclic) bond motifs is 1. The van der Waals surface area contributed by atoms with Crippen molar-refractivity contribution in [1.29, 1.82) is 0 Å². The molecular formula is C32H32N2O4S. The summed E-state index contributed by atoms with van der Waals surface area (Å²) in [6.07, 6.45) is 8.16. The summed E-state index contributed by atoms with van der Waals surface area (Å²) >= 11 is 1.62. The van der Waals surface area contributed by atoms with Crippen molar-refractivity contribution in [1.82, 2.24) is 0 Å². The maximum Gasteiger partial charge on any atom is 0.337 e. The number of carbonyl (C=O) groups excluding carboxylic acids is 2. The van der Waals surface area contributed by atoms with E-state index in [2.05, 4.69) is 5.32 Å². The Labute approximate surface area is 232 Å². The number of amides is 1. The van der Waals surface area contributed by atoms with Crippen LogP contribution in [0.1, 0.15) is 73.7 Å². The van der Waals surface area contributed by atoms with Gasteiger partial charge in [0.2, 0.25) is 0 Å². The number of furan rings is 1. The molecule has 0 saturated carbocycles. The Morgan fingerprint density at radius 1 is 0.974 bits per heavy atom. The Morgan fingerprint density at radius 3 is 2.51 bits per heavy atom. The average molecular weight is 541 g/mol. The van der Waals surface area contributed by atoms with E-state index in [0.29, 0.717) is 27.6 Å². The van der Waals surface area contributed by atoms with E-state index in [-0.39, 0.29) is 11.9 Å². The van der Waals surface area contributed by atoms with Gasteiger partial charge in [-0.25, -0.2) is 9.79 Å². The minimum atomic E-state index is -0.378. The fourth-order valence-electron chi connectivity index (χ4n) is 4.87. The van der Waals surface area contributed by atoms with Crippen molar-refractivity contribution in [3.05, 3.63) is 93.1 Å². The minimum absolute atomic E-state index is 0.111. The van der Waals surface area contributed by atoms with Crippen molar-refractivity contribution >= 4 is 40.1 Å². The summed E-state index contributed by atoms with van der Waals surface area (Å²) in [6.45, 7) is 4.03. The van der Waals surface area contributed by atoms with Crippen molar-refractivity contribution in [3.63, 3.8) is 0 Å². The number of aryl methyl sites for hydroxylation is 3. The highest BCUT2D eigenvalue weighted by Gasteiger charge is 2.24. The third kappa shape index (κ3) is 6.04. The normalized spacial score (nSPS) is 13.5. The first-order chi connectivity index (χ1) is 18.9. The molecule has 7 heteroatoms. The van der Waals surface area contributed by atoms with Crippen LogP contribution in [0, 0.1) is 13.8 Å². The van der Waals surface area contributed by atoms with Crippen molar-refractivity contribution in [2.45, 2.75) is 52.4 Å². The second kappa shape index (κ2) is 11.8. The van der Waals surface area contributed by atoms with Crippen molar-refractivity contribution in [2.75, 3.05) is 12.4 Å². The van der Waals surface area contributed by atoms with E-state index in [9.17, 15) is 9.59 Å². The number of thiophene rings is 1. The van der Waals surface area contributed by atoms with Gasteiger partial charge in [-0.1, -0.05) is 37.1 Å². The van der Waals surface area contributed by atoms with Crippen LogP contribution in [0.4, 0.5) is 10.7 Å². The molecule has 6 nitrogen and oxygen atoms in total. The van der Waals surface area contributed by atoms with Gasteiger partial charge in [0, 0.05) is 16.1 Å². The highest BCUT2D eigenvalue weighted by molar-refractivity contribution is 7.16. The van der Waals surface area contributed by atoms with Gasteiger partial charge in [0.05, 0.1) is 24.5 Å². The molecule has 0 spiro atoms. The summed E-state index contributed by atoms with van der Waals surface area (Å²) in [5, 5.41) is 3.87. The van der Waals surface area contributed by atoms with Gasteiger partial charge in [-0.15, -0.1) is 11.3 Å². The topological polar surface area (TPSA) is 80.9 Å². The molecule has 2 aromatic carbocycles. The molecule has 0 radical (unpaired) electrons. The fraction of sp³-hybridized carbons (Fsp3) is 0.281. The first kappa shape index (κ1) is 26.6. The van der Waals surface area contributed by atoms with Gasteiger partial charge in [-0.2, -0.15) is 0 Å². The Morgan fingerprint density at radius 2 is 1.74 bits per heavy atom. The van der Waals surface area contributed by atoms with Crippen molar-refractivity contribution < 1.29 is 18.7 Å². The molecule has 39 heavy (non-hydrogen) atoms.